The van der Waals surface area contributed by atoms with Crippen molar-refractivity contribution in [2.75, 3.05) is 20.6 Å². The number of carbonyl (C=O) groups excluding carboxylic acids is 2. The second-order valence-electron chi connectivity index (χ2n) is 7.28. The normalized spacial score (nSPS) is 13.7. The van der Waals surface area contributed by atoms with Gasteiger partial charge in [-0.2, -0.15) is 0 Å². The van der Waals surface area contributed by atoms with Crippen LogP contribution in [0.5, 0.6) is 0 Å². The van der Waals surface area contributed by atoms with Crippen molar-refractivity contribution in [2.24, 2.45) is 0 Å². The van der Waals surface area contributed by atoms with Crippen molar-refractivity contribution >= 4 is 22.7 Å². The molecule has 1 aliphatic heterocycles. The van der Waals surface area contributed by atoms with Crippen LogP contribution in [0.4, 0.5) is 0 Å². The van der Waals surface area contributed by atoms with Gasteiger partial charge in [0.1, 0.15) is 11.5 Å². The number of hydrogen-bond donors (Lipinski definition) is 1. The van der Waals surface area contributed by atoms with E-state index in [0.717, 1.165) is 22.0 Å². The summed E-state index contributed by atoms with van der Waals surface area (Å²) in [5.74, 6) is 0.399. The van der Waals surface area contributed by atoms with Gasteiger partial charge in [0.05, 0.1) is 6.54 Å². The summed E-state index contributed by atoms with van der Waals surface area (Å²) in [6.45, 7) is 4.85. The van der Waals surface area contributed by atoms with Crippen molar-refractivity contribution in [3.63, 3.8) is 0 Å². The summed E-state index contributed by atoms with van der Waals surface area (Å²) in [4.78, 5) is 32.0. The summed E-state index contributed by atoms with van der Waals surface area (Å²) in [5.41, 5.74) is 4.64. The van der Waals surface area contributed by atoms with Gasteiger partial charge < -0.3 is 19.3 Å². The molecule has 0 bridgehead atoms. The molecule has 2 aromatic heterocycles. The molecule has 3 heterocycles. The van der Waals surface area contributed by atoms with Crippen molar-refractivity contribution in [3.8, 4) is 0 Å². The zero-order chi connectivity index (χ0) is 19.3. The maximum absolute atomic E-state index is 13.2. The molecular weight excluding hydrogens is 344 g/mol. The minimum Gasteiger partial charge on any atom is -0.360 e. The number of carbonyl (C=O) groups is 2. The molecule has 0 unspecified atom stereocenters. The third-order valence-corrected chi connectivity index (χ3v) is 5.15. The van der Waals surface area contributed by atoms with Gasteiger partial charge in [-0.3, -0.25) is 9.59 Å². The van der Waals surface area contributed by atoms with E-state index in [0.29, 0.717) is 36.5 Å². The zero-order valence-electron chi connectivity index (χ0n) is 15.9. The van der Waals surface area contributed by atoms with E-state index in [-0.39, 0.29) is 17.5 Å². The second kappa shape index (κ2) is 6.26. The fraction of sp³-hybridized carbons (Fsp3) is 0.350. The standard InChI is InChI=1S/C20H22N4O3/c1-11-5-6-15-13(9-11)12(2)17(21-15)20(26)24-8-7-16-14(10-24)18(22-27-16)19(25)23(3)4/h5-6,9,21H,7-8,10H2,1-4H3. The highest BCUT2D eigenvalue weighted by molar-refractivity contribution is 6.01. The van der Waals surface area contributed by atoms with Gasteiger partial charge in [0.15, 0.2) is 5.69 Å². The molecule has 0 saturated heterocycles. The Morgan fingerprint density at radius 1 is 1.26 bits per heavy atom. The van der Waals surface area contributed by atoms with E-state index in [1.807, 2.05) is 26.0 Å². The molecule has 0 atom stereocenters. The van der Waals surface area contributed by atoms with Crippen LogP contribution in [0.2, 0.25) is 0 Å². The molecule has 0 spiro atoms. The summed E-state index contributed by atoms with van der Waals surface area (Å²) < 4.78 is 5.33. The lowest BCUT2D eigenvalue weighted by molar-refractivity contribution is 0.0718. The molecule has 0 radical (unpaired) electrons. The van der Waals surface area contributed by atoms with Gasteiger partial charge in [-0.25, -0.2) is 0 Å². The average Bonchev–Trinajstić information content (AvgIpc) is 3.21. The molecule has 7 nitrogen and oxygen atoms in total. The molecule has 7 heteroatoms. The molecule has 1 N–H and O–H groups in total. The molecule has 1 aliphatic rings. The largest absolute Gasteiger partial charge is 0.360 e. The molecule has 0 fully saturated rings. The highest BCUT2D eigenvalue weighted by atomic mass is 16.5. The molecular formula is C20H22N4O3. The van der Waals surface area contributed by atoms with Crippen molar-refractivity contribution in [3.05, 3.63) is 52.0 Å². The molecule has 4 rings (SSSR count). The first-order valence-electron chi connectivity index (χ1n) is 8.94. The van der Waals surface area contributed by atoms with Crippen LogP contribution in [0.25, 0.3) is 10.9 Å². The maximum atomic E-state index is 13.2. The van der Waals surface area contributed by atoms with E-state index in [4.69, 9.17) is 4.52 Å². The smallest absolute Gasteiger partial charge is 0.275 e. The molecule has 27 heavy (non-hydrogen) atoms. The Balaban J connectivity index is 1.66. The molecule has 2 amide bonds. The van der Waals surface area contributed by atoms with E-state index < -0.39 is 0 Å². The number of aromatic amines is 1. The summed E-state index contributed by atoms with van der Waals surface area (Å²) in [6.07, 6.45) is 0.549. The first-order valence-corrected chi connectivity index (χ1v) is 8.94. The lowest BCUT2D eigenvalue weighted by Crippen LogP contribution is -2.37. The van der Waals surface area contributed by atoms with Gasteiger partial charge in [0.25, 0.3) is 11.8 Å². The first kappa shape index (κ1) is 17.3. The van der Waals surface area contributed by atoms with Gasteiger partial charge in [-0.15, -0.1) is 0 Å². The monoisotopic (exact) mass is 366 g/mol. The zero-order valence-corrected chi connectivity index (χ0v) is 15.9. The molecule has 3 aromatic rings. The van der Waals surface area contributed by atoms with Crippen LogP contribution in [0.1, 0.15) is 43.4 Å². The van der Waals surface area contributed by atoms with Crippen LogP contribution in [0.15, 0.2) is 22.7 Å². The Labute approximate surface area is 156 Å². The van der Waals surface area contributed by atoms with Crippen molar-refractivity contribution in [1.29, 1.82) is 0 Å². The van der Waals surface area contributed by atoms with Gasteiger partial charge in [-0.1, -0.05) is 16.8 Å². The average molecular weight is 366 g/mol. The van der Waals surface area contributed by atoms with Gasteiger partial charge in [-0.05, 0) is 31.5 Å². The number of nitrogens with one attached hydrogen (secondary N) is 1. The van der Waals surface area contributed by atoms with E-state index in [1.54, 1.807) is 19.0 Å². The van der Waals surface area contributed by atoms with Gasteiger partial charge in [0.2, 0.25) is 0 Å². The highest BCUT2D eigenvalue weighted by Crippen LogP contribution is 2.27. The maximum Gasteiger partial charge on any atom is 0.275 e. The Morgan fingerprint density at radius 2 is 2.04 bits per heavy atom. The van der Waals surface area contributed by atoms with E-state index in [1.165, 1.54) is 4.90 Å². The molecule has 0 saturated carbocycles. The van der Waals surface area contributed by atoms with Crippen molar-refractivity contribution in [1.82, 2.24) is 19.9 Å². The Kier molecular flexibility index (Phi) is 4.02. The summed E-state index contributed by atoms with van der Waals surface area (Å²) in [7, 11) is 3.34. The first-order chi connectivity index (χ1) is 12.9. The third kappa shape index (κ3) is 2.79. The number of nitrogens with zero attached hydrogens (tertiary/aromatic N) is 3. The summed E-state index contributed by atoms with van der Waals surface area (Å²) >= 11 is 0. The fourth-order valence-corrected chi connectivity index (χ4v) is 3.57. The summed E-state index contributed by atoms with van der Waals surface area (Å²) in [5, 5.41) is 5.00. The number of aryl methyl sites for hydroxylation is 2. The number of hydrogen-bond acceptors (Lipinski definition) is 4. The Morgan fingerprint density at radius 3 is 2.78 bits per heavy atom. The number of fused-ring (bicyclic) bond motifs is 2. The van der Waals surface area contributed by atoms with Crippen LogP contribution in [0, 0.1) is 13.8 Å². The van der Waals surface area contributed by atoms with Crippen LogP contribution in [-0.4, -0.2) is 52.4 Å². The van der Waals surface area contributed by atoms with E-state index in [9.17, 15) is 9.59 Å². The number of benzene rings is 1. The van der Waals surface area contributed by atoms with Crippen LogP contribution < -0.4 is 0 Å². The number of aromatic nitrogens is 2. The number of H-pyrrole nitrogens is 1. The highest BCUT2D eigenvalue weighted by Gasteiger charge is 2.31. The molecule has 0 aliphatic carbocycles. The fourth-order valence-electron chi connectivity index (χ4n) is 3.57. The lowest BCUT2D eigenvalue weighted by Gasteiger charge is -2.26. The van der Waals surface area contributed by atoms with Gasteiger partial charge >= 0.3 is 0 Å². The van der Waals surface area contributed by atoms with Crippen molar-refractivity contribution in [2.45, 2.75) is 26.8 Å². The Hall–Kier alpha value is -3.09. The minimum atomic E-state index is -0.216. The van der Waals surface area contributed by atoms with Crippen LogP contribution in [0.3, 0.4) is 0 Å². The van der Waals surface area contributed by atoms with Gasteiger partial charge in [0, 0.05) is 43.5 Å². The Bertz CT molecular complexity index is 1060. The van der Waals surface area contributed by atoms with Crippen LogP contribution in [-0.2, 0) is 13.0 Å². The predicted molar refractivity (Wildman–Crippen MR) is 101 cm³/mol. The third-order valence-electron chi connectivity index (χ3n) is 5.15. The quantitative estimate of drug-likeness (QED) is 0.756. The number of rotatable bonds is 2. The topological polar surface area (TPSA) is 82.4 Å². The van der Waals surface area contributed by atoms with E-state index in [2.05, 4.69) is 16.2 Å². The molecule has 140 valence electrons. The second-order valence-corrected chi connectivity index (χ2v) is 7.28. The minimum absolute atomic E-state index is 0.0727. The lowest BCUT2D eigenvalue weighted by atomic mass is 10.0. The number of amides is 2. The van der Waals surface area contributed by atoms with Crippen molar-refractivity contribution < 1.29 is 14.1 Å². The van der Waals surface area contributed by atoms with Crippen LogP contribution >= 0.6 is 0 Å². The SMILES string of the molecule is Cc1ccc2[nH]c(C(=O)N3CCc4onc(C(=O)N(C)C)c4C3)c(C)c2c1. The van der Waals surface area contributed by atoms with E-state index >= 15 is 0 Å². The molecule has 1 aromatic carbocycles. The predicted octanol–water partition coefficient (Wildman–Crippen LogP) is 2.67. The summed E-state index contributed by atoms with van der Waals surface area (Å²) in [6, 6.07) is 6.10.